The van der Waals surface area contributed by atoms with Gasteiger partial charge in [0.1, 0.15) is 0 Å². The van der Waals surface area contributed by atoms with E-state index in [-0.39, 0.29) is 0 Å². The van der Waals surface area contributed by atoms with Crippen LogP contribution in [-0.2, 0) is 0 Å². The van der Waals surface area contributed by atoms with Gasteiger partial charge in [-0.1, -0.05) is 18.8 Å². The summed E-state index contributed by atoms with van der Waals surface area (Å²) in [5.41, 5.74) is 0. The van der Waals surface area contributed by atoms with Crippen molar-refractivity contribution in [2.75, 3.05) is 0 Å². The molecule has 0 aliphatic rings. The monoisotopic (exact) mass is 116 g/mol. The molecule has 0 rings (SSSR count). The first-order valence-corrected chi connectivity index (χ1v) is 3.03. The Labute approximate surface area is 58.4 Å². The molecule has 0 bridgehead atoms. The van der Waals surface area contributed by atoms with Crippen molar-refractivity contribution >= 4 is 7.85 Å². The predicted molar refractivity (Wildman–Crippen MR) is 41.0 cm³/mol. The fraction of sp³-hybridized carbons (Fsp3) is 0.500. The van der Waals surface area contributed by atoms with Gasteiger partial charge < -0.3 is 0 Å². The van der Waals surface area contributed by atoms with Crippen LogP contribution < -0.4 is 0 Å². The highest BCUT2D eigenvalue weighted by molar-refractivity contribution is 6.10. The van der Waals surface area contributed by atoms with Crippen molar-refractivity contribution in [2.24, 2.45) is 0 Å². The Hall–Kier alpha value is -0.815. The van der Waals surface area contributed by atoms with Gasteiger partial charge in [-0.05, 0) is 6.32 Å². The molecule has 0 heterocycles. The van der Waals surface area contributed by atoms with E-state index in [4.69, 9.17) is 7.85 Å². The van der Waals surface area contributed by atoms with Crippen LogP contribution in [0.2, 0.25) is 6.32 Å². The van der Waals surface area contributed by atoms with Gasteiger partial charge in [-0.25, -0.2) is 0 Å². The largest absolute Gasteiger partial charge is 0.112 e. The van der Waals surface area contributed by atoms with Crippen molar-refractivity contribution in [1.82, 2.24) is 0 Å². The normalized spacial score (nSPS) is 6.33. The summed E-state index contributed by atoms with van der Waals surface area (Å²) in [5, 5.41) is 0. The summed E-state index contributed by atoms with van der Waals surface area (Å²) in [6.07, 6.45) is 2.00. The first-order valence-electron chi connectivity index (χ1n) is 3.03. The Morgan fingerprint density at radius 1 is 1.11 bits per heavy atom. The van der Waals surface area contributed by atoms with E-state index in [0.717, 1.165) is 6.42 Å². The zero-order valence-corrected chi connectivity index (χ0v) is 5.70. The summed E-state index contributed by atoms with van der Waals surface area (Å²) in [4.78, 5) is 0. The van der Waals surface area contributed by atoms with Crippen molar-refractivity contribution in [2.45, 2.75) is 26.1 Å². The molecule has 0 unspecified atom stereocenters. The van der Waals surface area contributed by atoms with Crippen molar-refractivity contribution in [3.63, 3.8) is 0 Å². The highest BCUT2D eigenvalue weighted by Crippen LogP contribution is 1.73. The molecular formula is C8H9B. The molecule has 1 heteroatoms. The van der Waals surface area contributed by atoms with Gasteiger partial charge >= 0.3 is 0 Å². The Morgan fingerprint density at radius 3 is 2.33 bits per heavy atom. The maximum absolute atomic E-state index is 5.12. The summed E-state index contributed by atoms with van der Waals surface area (Å²) in [6, 6.07) is 0. The lowest BCUT2D eigenvalue weighted by Gasteiger charge is -1.70. The third-order valence-electron chi connectivity index (χ3n) is 0.706. The second kappa shape index (κ2) is 7.18. The second-order valence-corrected chi connectivity index (χ2v) is 1.44. The molecule has 2 radical (unpaired) electrons. The summed E-state index contributed by atoms with van der Waals surface area (Å²) >= 11 is 0. The maximum atomic E-state index is 5.12. The van der Waals surface area contributed by atoms with Gasteiger partial charge in [-0.15, -0.1) is 11.8 Å². The number of hydrogen-bond donors (Lipinski definition) is 0. The molecule has 0 nitrogen and oxygen atoms in total. The number of hydrogen-bond acceptors (Lipinski definition) is 0. The van der Waals surface area contributed by atoms with E-state index < -0.39 is 0 Å². The average molecular weight is 116 g/mol. The highest BCUT2D eigenvalue weighted by Gasteiger charge is 1.64. The average Bonchev–Trinajstić information content (AvgIpc) is 1.89. The molecule has 0 saturated heterocycles. The number of rotatable bonds is 0. The van der Waals surface area contributed by atoms with Crippen LogP contribution in [0.4, 0.5) is 0 Å². The lowest BCUT2D eigenvalue weighted by molar-refractivity contribution is 1.27. The fourth-order valence-corrected chi connectivity index (χ4v) is 0.366. The van der Waals surface area contributed by atoms with Gasteiger partial charge in [0.05, 0.1) is 14.3 Å². The standard InChI is InChI=1S/C8H9B/c1-2-3-4-5-6-7-8-9/h2,5,8H2,1H3. The van der Waals surface area contributed by atoms with Crippen LogP contribution in [-0.4, -0.2) is 7.85 Å². The molecule has 0 aliphatic carbocycles. The van der Waals surface area contributed by atoms with Gasteiger partial charge in [0.2, 0.25) is 0 Å². The van der Waals surface area contributed by atoms with E-state index in [0.29, 0.717) is 12.7 Å². The molecule has 44 valence electrons. The molecule has 0 N–H and O–H groups in total. The molecule has 0 aromatic heterocycles. The smallest absolute Gasteiger partial charge is 0.0827 e. The van der Waals surface area contributed by atoms with E-state index >= 15 is 0 Å². The van der Waals surface area contributed by atoms with Gasteiger partial charge in [0, 0.05) is 6.42 Å². The minimum absolute atomic E-state index is 0.438. The van der Waals surface area contributed by atoms with E-state index in [1.54, 1.807) is 0 Å². The quantitative estimate of drug-likeness (QED) is 0.331. The highest BCUT2D eigenvalue weighted by atomic mass is 13.7. The SMILES string of the molecule is [B]CC#CCC#CCC. The molecule has 0 spiro atoms. The van der Waals surface area contributed by atoms with Crippen molar-refractivity contribution < 1.29 is 0 Å². The van der Waals surface area contributed by atoms with Gasteiger partial charge in [-0.3, -0.25) is 0 Å². The van der Waals surface area contributed by atoms with Crippen molar-refractivity contribution in [1.29, 1.82) is 0 Å². The van der Waals surface area contributed by atoms with E-state index in [9.17, 15) is 0 Å². The predicted octanol–water partition coefficient (Wildman–Crippen LogP) is 1.38. The molecule has 9 heavy (non-hydrogen) atoms. The zero-order chi connectivity index (χ0) is 6.95. The third kappa shape index (κ3) is 7.18. The Bertz CT molecular complexity index is 140. The van der Waals surface area contributed by atoms with Gasteiger partial charge in [-0.2, -0.15) is 0 Å². The van der Waals surface area contributed by atoms with E-state index in [2.05, 4.69) is 23.7 Å². The Balaban J connectivity index is 3.28. The lowest BCUT2D eigenvalue weighted by Crippen LogP contribution is -1.61. The van der Waals surface area contributed by atoms with Crippen LogP contribution in [0.3, 0.4) is 0 Å². The molecule has 0 saturated carbocycles. The Morgan fingerprint density at radius 2 is 1.78 bits per heavy atom. The third-order valence-corrected chi connectivity index (χ3v) is 0.706. The molecule has 0 aromatic carbocycles. The van der Waals surface area contributed by atoms with Crippen molar-refractivity contribution in [3.8, 4) is 23.7 Å². The summed E-state index contributed by atoms with van der Waals surface area (Å²) in [5.74, 6) is 11.4. The topological polar surface area (TPSA) is 0 Å². The van der Waals surface area contributed by atoms with Gasteiger partial charge in [0.15, 0.2) is 0 Å². The first-order chi connectivity index (χ1) is 4.41. The van der Waals surface area contributed by atoms with Crippen molar-refractivity contribution in [3.05, 3.63) is 0 Å². The van der Waals surface area contributed by atoms with Crippen LogP contribution in [0.5, 0.6) is 0 Å². The van der Waals surface area contributed by atoms with Crippen LogP contribution >= 0.6 is 0 Å². The molecule has 0 aliphatic heterocycles. The first kappa shape index (κ1) is 8.18. The molecule has 0 amide bonds. The van der Waals surface area contributed by atoms with Crippen LogP contribution in [0, 0.1) is 23.7 Å². The van der Waals surface area contributed by atoms with Gasteiger partial charge in [0.25, 0.3) is 0 Å². The second-order valence-electron chi connectivity index (χ2n) is 1.44. The van der Waals surface area contributed by atoms with E-state index in [1.165, 1.54) is 0 Å². The molecular weight excluding hydrogens is 107 g/mol. The summed E-state index contributed by atoms with van der Waals surface area (Å²) in [7, 11) is 5.12. The fourth-order valence-electron chi connectivity index (χ4n) is 0.366. The minimum Gasteiger partial charge on any atom is -0.112 e. The molecule has 0 atom stereocenters. The van der Waals surface area contributed by atoms with Crippen LogP contribution in [0.15, 0.2) is 0 Å². The minimum atomic E-state index is 0.438. The van der Waals surface area contributed by atoms with E-state index in [1.807, 2.05) is 6.92 Å². The maximum Gasteiger partial charge on any atom is 0.0827 e. The summed E-state index contributed by atoms with van der Waals surface area (Å²) < 4.78 is 0. The zero-order valence-electron chi connectivity index (χ0n) is 5.70. The summed E-state index contributed by atoms with van der Waals surface area (Å²) in [6.45, 7) is 2.02. The Kier molecular flexibility index (Phi) is 6.53. The van der Waals surface area contributed by atoms with Crippen LogP contribution in [0.1, 0.15) is 19.8 Å². The van der Waals surface area contributed by atoms with Crippen LogP contribution in [0.25, 0.3) is 0 Å². The molecule has 0 fully saturated rings. The molecule has 0 aromatic rings. The lowest BCUT2D eigenvalue weighted by atomic mass is 10.1.